The molecule has 33 heavy (non-hydrogen) atoms. The monoisotopic (exact) mass is 461 g/mol. The van der Waals surface area contributed by atoms with Gasteiger partial charge in [-0.1, -0.05) is 23.7 Å². The summed E-state index contributed by atoms with van der Waals surface area (Å²) in [7, 11) is 0. The summed E-state index contributed by atoms with van der Waals surface area (Å²) >= 11 is 6.52. The SMILES string of the molecule is Cc1cc(-n2ccnc2)c2cccc(OCc3c(Cl)cncc3CN3C(=O)CCC3C)c2n1. The van der Waals surface area contributed by atoms with Crippen molar-refractivity contribution in [1.29, 1.82) is 0 Å². The van der Waals surface area contributed by atoms with E-state index in [1.54, 1.807) is 24.9 Å². The standard InChI is InChI=1S/C25H24ClN5O2/c1-16-10-22(30-9-8-27-15-30)19-4-3-5-23(25(19)29-16)33-14-20-18(11-28-12-21(20)26)13-31-17(2)6-7-24(31)32/h3-5,8-12,15,17H,6-7,13-14H2,1-2H3. The Balaban J connectivity index is 1.47. The first-order valence-corrected chi connectivity index (χ1v) is 11.3. The molecule has 0 aliphatic carbocycles. The van der Waals surface area contributed by atoms with Crippen molar-refractivity contribution in [2.24, 2.45) is 0 Å². The van der Waals surface area contributed by atoms with E-state index in [1.165, 1.54) is 0 Å². The molecule has 1 aromatic carbocycles. The van der Waals surface area contributed by atoms with Crippen LogP contribution in [-0.2, 0) is 17.9 Å². The largest absolute Gasteiger partial charge is 0.487 e. The normalized spacial score (nSPS) is 16.0. The van der Waals surface area contributed by atoms with Crippen LogP contribution in [0.15, 0.2) is 55.4 Å². The van der Waals surface area contributed by atoms with Crippen LogP contribution in [0, 0.1) is 6.92 Å². The van der Waals surface area contributed by atoms with Gasteiger partial charge in [0.05, 0.1) is 17.0 Å². The predicted molar refractivity (Wildman–Crippen MR) is 126 cm³/mol. The van der Waals surface area contributed by atoms with Crippen molar-refractivity contribution in [2.75, 3.05) is 0 Å². The lowest BCUT2D eigenvalue weighted by Crippen LogP contribution is -2.30. The molecule has 1 atom stereocenters. The van der Waals surface area contributed by atoms with Gasteiger partial charge in [-0.25, -0.2) is 9.97 Å². The topological polar surface area (TPSA) is 73.1 Å². The summed E-state index contributed by atoms with van der Waals surface area (Å²) in [6.45, 7) is 4.76. The van der Waals surface area contributed by atoms with E-state index >= 15 is 0 Å². The molecule has 0 saturated carbocycles. The number of rotatable bonds is 6. The molecule has 0 spiro atoms. The molecule has 168 valence electrons. The predicted octanol–water partition coefficient (Wildman–Crippen LogP) is 4.87. The van der Waals surface area contributed by atoms with Crippen LogP contribution in [0.25, 0.3) is 16.6 Å². The Labute approximate surface area is 197 Å². The molecule has 5 rings (SSSR count). The number of ether oxygens (including phenoxy) is 1. The van der Waals surface area contributed by atoms with Crippen molar-refractivity contribution in [3.63, 3.8) is 0 Å². The molecule has 8 heteroatoms. The van der Waals surface area contributed by atoms with Crippen molar-refractivity contribution in [3.8, 4) is 11.4 Å². The Kier molecular flexibility index (Phi) is 5.72. The zero-order chi connectivity index (χ0) is 22.9. The minimum Gasteiger partial charge on any atom is -0.487 e. The number of fused-ring (bicyclic) bond motifs is 1. The second-order valence-electron chi connectivity index (χ2n) is 8.36. The number of pyridine rings is 2. The van der Waals surface area contributed by atoms with E-state index in [4.69, 9.17) is 21.3 Å². The first kappa shape index (κ1) is 21.4. The number of carbonyl (C=O) groups excluding carboxylic acids is 1. The van der Waals surface area contributed by atoms with Gasteiger partial charge in [-0.05, 0) is 38.0 Å². The van der Waals surface area contributed by atoms with Gasteiger partial charge < -0.3 is 14.2 Å². The Morgan fingerprint density at radius 3 is 2.88 bits per heavy atom. The number of likely N-dealkylation sites (tertiary alicyclic amines) is 1. The summed E-state index contributed by atoms with van der Waals surface area (Å²) in [6, 6.07) is 8.12. The Bertz CT molecular complexity index is 1320. The number of aryl methyl sites for hydroxylation is 1. The van der Waals surface area contributed by atoms with Crippen LogP contribution in [0.1, 0.15) is 36.6 Å². The maximum absolute atomic E-state index is 12.3. The molecule has 4 aromatic rings. The lowest BCUT2D eigenvalue weighted by atomic mass is 10.1. The fraction of sp³-hybridized carbons (Fsp3) is 0.280. The summed E-state index contributed by atoms with van der Waals surface area (Å²) in [5, 5.41) is 1.49. The Morgan fingerprint density at radius 1 is 1.24 bits per heavy atom. The van der Waals surface area contributed by atoms with E-state index in [-0.39, 0.29) is 18.6 Å². The highest BCUT2D eigenvalue weighted by molar-refractivity contribution is 6.31. The van der Waals surface area contributed by atoms with Gasteiger partial charge in [0.15, 0.2) is 0 Å². The number of hydrogen-bond donors (Lipinski definition) is 0. The molecule has 1 aliphatic rings. The number of amides is 1. The lowest BCUT2D eigenvalue weighted by Gasteiger charge is -2.23. The molecule has 7 nitrogen and oxygen atoms in total. The van der Waals surface area contributed by atoms with E-state index < -0.39 is 0 Å². The number of imidazole rings is 1. The Morgan fingerprint density at radius 2 is 2.12 bits per heavy atom. The average Bonchev–Trinajstić information content (AvgIpc) is 3.44. The van der Waals surface area contributed by atoms with E-state index in [9.17, 15) is 4.79 Å². The number of aromatic nitrogens is 4. The van der Waals surface area contributed by atoms with Crippen molar-refractivity contribution < 1.29 is 9.53 Å². The number of nitrogens with zero attached hydrogens (tertiary/aromatic N) is 5. The van der Waals surface area contributed by atoms with Gasteiger partial charge in [-0.2, -0.15) is 0 Å². The van der Waals surface area contributed by atoms with E-state index in [2.05, 4.69) is 16.9 Å². The minimum absolute atomic E-state index is 0.162. The molecule has 1 saturated heterocycles. The summed E-state index contributed by atoms with van der Waals surface area (Å²) in [4.78, 5) is 27.3. The maximum Gasteiger partial charge on any atom is 0.223 e. The molecule has 0 N–H and O–H groups in total. The van der Waals surface area contributed by atoms with E-state index in [1.807, 2.05) is 46.9 Å². The maximum atomic E-state index is 12.3. The summed E-state index contributed by atoms with van der Waals surface area (Å²) in [6.07, 6.45) is 10.3. The van der Waals surface area contributed by atoms with Crippen LogP contribution in [0.4, 0.5) is 0 Å². The molecule has 0 radical (unpaired) electrons. The van der Waals surface area contributed by atoms with Gasteiger partial charge in [0.2, 0.25) is 5.91 Å². The smallest absolute Gasteiger partial charge is 0.223 e. The average molecular weight is 462 g/mol. The first-order chi connectivity index (χ1) is 16.0. The lowest BCUT2D eigenvalue weighted by molar-refractivity contribution is -0.129. The van der Waals surface area contributed by atoms with E-state index in [0.717, 1.165) is 39.8 Å². The third-order valence-corrected chi connectivity index (χ3v) is 6.45. The van der Waals surface area contributed by atoms with Crippen LogP contribution < -0.4 is 4.74 Å². The fourth-order valence-corrected chi connectivity index (χ4v) is 4.55. The second kappa shape index (κ2) is 8.83. The highest BCUT2D eigenvalue weighted by atomic mass is 35.5. The van der Waals surface area contributed by atoms with Gasteiger partial charge >= 0.3 is 0 Å². The third kappa shape index (κ3) is 4.16. The van der Waals surface area contributed by atoms with Crippen molar-refractivity contribution >= 4 is 28.4 Å². The van der Waals surface area contributed by atoms with Gasteiger partial charge in [0, 0.05) is 60.4 Å². The zero-order valence-corrected chi connectivity index (χ0v) is 19.3. The number of para-hydroxylation sites is 1. The van der Waals surface area contributed by atoms with Gasteiger partial charge in [-0.15, -0.1) is 0 Å². The van der Waals surface area contributed by atoms with Crippen LogP contribution in [-0.4, -0.2) is 36.4 Å². The number of carbonyl (C=O) groups is 1. The van der Waals surface area contributed by atoms with Crippen molar-refractivity contribution in [3.05, 3.63) is 77.2 Å². The van der Waals surface area contributed by atoms with Crippen molar-refractivity contribution in [1.82, 2.24) is 24.4 Å². The first-order valence-electron chi connectivity index (χ1n) is 10.9. The summed E-state index contributed by atoms with van der Waals surface area (Å²) in [5.41, 5.74) is 4.37. The number of hydrogen-bond acceptors (Lipinski definition) is 5. The summed E-state index contributed by atoms with van der Waals surface area (Å²) < 4.78 is 8.23. The fourth-order valence-electron chi connectivity index (χ4n) is 4.32. The number of benzene rings is 1. The van der Waals surface area contributed by atoms with Gasteiger partial charge in [0.1, 0.15) is 17.9 Å². The van der Waals surface area contributed by atoms with Crippen LogP contribution in [0.3, 0.4) is 0 Å². The van der Waals surface area contributed by atoms with Crippen LogP contribution in [0.2, 0.25) is 5.02 Å². The minimum atomic E-state index is 0.162. The molecule has 3 aromatic heterocycles. The number of halogens is 1. The molecule has 1 amide bonds. The zero-order valence-electron chi connectivity index (χ0n) is 18.5. The molecule has 4 heterocycles. The molecular weight excluding hydrogens is 438 g/mol. The highest BCUT2D eigenvalue weighted by Crippen LogP contribution is 2.31. The highest BCUT2D eigenvalue weighted by Gasteiger charge is 2.28. The second-order valence-corrected chi connectivity index (χ2v) is 8.77. The molecule has 0 bridgehead atoms. The van der Waals surface area contributed by atoms with Crippen LogP contribution in [0.5, 0.6) is 5.75 Å². The van der Waals surface area contributed by atoms with Crippen LogP contribution >= 0.6 is 11.6 Å². The van der Waals surface area contributed by atoms with Gasteiger partial charge in [-0.3, -0.25) is 9.78 Å². The van der Waals surface area contributed by atoms with Crippen molar-refractivity contribution in [2.45, 2.75) is 45.9 Å². The van der Waals surface area contributed by atoms with Gasteiger partial charge in [0.25, 0.3) is 0 Å². The summed E-state index contributed by atoms with van der Waals surface area (Å²) in [5.74, 6) is 0.831. The van der Waals surface area contributed by atoms with E-state index in [0.29, 0.717) is 23.7 Å². The Hall–Kier alpha value is -3.45. The quantitative estimate of drug-likeness (QED) is 0.409. The molecule has 1 unspecified atom stereocenters. The molecule has 1 fully saturated rings. The third-order valence-electron chi connectivity index (χ3n) is 6.13. The molecular formula is C25H24ClN5O2. The molecule has 1 aliphatic heterocycles.